The quantitative estimate of drug-likeness (QED) is 0.735. The van der Waals surface area contributed by atoms with E-state index < -0.39 is 0 Å². The van der Waals surface area contributed by atoms with Gasteiger partial charge in [-0.1, -0.05) is 6.08 Å². The van der Waals surface area contributed by atoms with Crippen molar-refractivity contribution in [1.29, 1.82) is 0 Å². The van der Waals surface area contributed by atoms with Crippen molar-refractivity contribution in [3.63, 3.8) is 0 Å². The minimum Gasteiger partial charge on any atom is -0.353 e. The summed E-state index contributed by atoms with van der Waals surface area (Å²) in [5.74, 6) is 2.47. The van der Waals surface area contributed by atoms with Crippen molar-refractivity contribution in [3.8, 4) is 0 Å². The Morgan fingerprint density at radius 2 is 2.25 bits per heavy atom. The molecule has 1 heterocycles. The van der Waals surface area contributed by atoms with E-state index in [9.17, 15) is 4.79 Å². The van der Waals surface area contributed by atoms with Gasteiger partial charge in [-0.3, -0.25) is 4.79 Å². The van der Waals surface area contributed by atoms with Crippen molar-refractivity contribution in [2.45, 2.75) is 6.42 Å². The van der Waals surface area contributed by atoms with Crippen LogP contribution in [0, 0.1) is 0 Å². The zero-order valence-corrected chi connectivity index (χ0v) is 9.50. The first-order chi connectivity index (χ1) is 5.83. The summed E-state index contributed by atoms with van der Waals surface area (Å²) in [6, 6.07) is 0. The van der Waals surface area contributed by atoms with Crippen LogP contribution < -0.4 is 5.32 Å². The molecule has 0 spiro atoms. The topological polar surface area (TPSA) is 29.1 Å². The fraction of sp³-hybridized carbons (Fsp3) is 0.571. The van der Waals surface area contributed by atoms with Gasteiger partial charge in [0, 0.05) is 28.4 Å². The third-order valence-corrected chi connectivity index (χ3v) is 4.21. The summed E-state index contributed by atoms with van der Waals surface area (Å²) >= 11 is 3.68. The van der Waals surface area contributed by atoms with E-state index in [1.54, 1.807) is 0 Å². The predicted octanol–water partition coefficient (Wildman–Crippen LogP) is 1.65. The maximum absolute atomic E-state index is 11.0. The average Bonchev–Trinajstić information content (AvgIpc) is 2.53. The lowest BCUT2D eigenvalue weighted by Crippen LogP contribution is -2.19. The number of carbonyl (C=O) groups excluding carboxylic acids is 1. The number of hydrogen-bond acceptors (Lipinski definition) is 3. The first kappa shape index (κ1) is 10.4. The van der Waals surface area contributed by atoms with Gasteiger partial charge < -0.3 is 5.32 Å². The van der Waals surface area contributed by atoms with Gasteiger partial charge in [0.2, 0.25) is 5.91 Å². The Morgan fingerprint density at radius 3 is 2.83 bits per heavy atom. The minimum atomic E-state index is 0.102. The summed E-state index contributed by atoms with van der Waals surface area (Å²) in [5.41, 5.74) is 0. The van der Waals surface area contributed by atoms with Crippen LogP contribution in [0.3, 0.4) is 0 Å². The standard InChI is InChI=1S/C7H12NOPS2/c9-6(8-5-10)1-2-7-11-3-4-12-7/h2H,1,3-5,10H2,(H,8,9). The van der Waals surface area contributed by atoms with Gasteiger partial charge in [-0.05, 0) is 0 Å². The highest BCUT2D eigenvalue weighted by molar-refractivity contribution is 8.25. The number of thioether (sulfide) groups is 2. The molecular formula is C7H12NOPS2. The van der Waals surface area contributed by atoms with Gasteiger partial charge in [-0.25, -0.2) is 0 Å². The van der Waals surface area contributed by atoms with Crippen LogP contribution in [0.25, 0.3) is 0 Å². The van der Waals surface area contributed by atoms with Crippen LogP contribution in [0.2, 0.25) is 0 Å². The predicted molar refractivity (Wildman–Crippen MR) is 60.3 cm³/mol. The summed E-state index contributed by atoms with van der Waals surface area (Å²) < 4.78 is 1.30. The first-order valence-electron chi connectivity index (χ1n) is 3.75. The van der Waals surface area contributed by atoms with E-state index in [2.05, 4.69) is 14.6 Å². The molecule has 1 saturated heterocycles. The Balaban J connectivity index is 2.22. The SMILES string of the molecule is O=C(CC=C1SCCS1)NCP. The average molecular weight is 221 g/mol. The molecule has 1 aliphatic heterocycles. The zero-order valence-electron chi connectivity index (χ0n) is 6.71. The summed E-state index contributed by atoms with van der Waals surface area (Å²) in [6.07, 6.45) is 3.17. The lowest BCUT2D eigenvalue weighted by Gasteiger charge is -1.97. The van der Waals surface area contributed by atoms with Gasteiger partial charge in [0.1, 0.15) is 0 Å². The largest absolute Gasteiger partial charge is 0.353 e. The number of nitrogens with one attached hydrogen (secondary N) is 1. The van der Waals surface area contributed by atoms with Crippen LogP contribution in [0.5, 0.6) is 0 Å². The van der Waals surface area contributed by atoms with Crippen LogP contribution in [-0.2, 0) is 4.79 Å². The highest BCUT2D eigenvalue weighted by atomic mass is 32.2. The van der Waals surface area contributed by atoms with Gasteiger partial charge in [0.15, 0.2) is 0 Å². The number of amides is 1. The molecule has 0 aromatic rings. The monoisotopic (exact) mass is 221 g/mol. The molecule has 1 unspecified atom stereocenters. The highest BCUT2D eigenvalue weighted by Crippen LogP contribution is 2.36. The molecule has 1 N–H and O–H groups in total. The number of hydrogen-bond donors (Lipinski definition) is 1. The zero-order chi connectivity index (χ0) is 8.81. The van der Waals surface area contributed by atoms with Crippen LogP contribution >= 0.6 is 32.8 Å². The van der Waals surface area contributed by atoms with Crippen molar-refractivity contribution in [2.75, 3.05) is 17.8 Å². The van der Waals surface area contributed by atoms with Crippen LogP contribution in [-0.4, -0.2) is 23.7 Å². The Hall–Kier alpha value is 0.340. The molecule has 0 saturated carbocycles. The van der Waals surface area contributed by atoms with E-state index in [0.717, 1.165) is 0 Å². The van der Waals surface area contributed by atoms with Crippen LogP contribution in [0.4, 0.5) is 0 Å². The maximum atomic E-state index is 11.0. The van der Waals surface area contributed by atoms with Crippen molar-refractivity contribution < 1.29 is 4.79 Å². The van der Waals surface area contributed by atoms with E-state index in [4.69, 9.17) is 0 Å². The molecule has 1 aliphatic rings. The van der Waals surface area contributed by atoms with Crippen molar-refractivity contribution in [3.05, 3.63) is 10.3 Å². The summed E-state index contributed by atoms with van der Waals surface area (Å²) in [4.78, 5) is 11.0. The maximum Gasteiger partial charge on any atom is 0.224 e. The van der Waals surface area contributed by atoms with Gasteiger partial charge in [0.05, 0.1) is 0 Å². The second-order valence-corrected chi connectivity index (χ2v) is 5.17. The Morgan fingerprint density at radius 1 is 1.58 bits per heavy atom. The van der Waals surface area contributed by atoms with Gasteiger partial charge >= 0.3 is 0 Å². The fourth-order valence-electron chi connectivity index (χ4n) is 0.806. The third kappa shape index (κ3) is 3.83. The lowest BCUT2D eigenvalue weighted by molar-refractivity contribution is -0.119. The molecular weight excluding hydrogens is 209 g/mol. The molecule has 1 atom stereocenters. The Labute approximate surface area is 83.5 Å². The highest BCUT2D eigenvalue weighted by Gasteiger charge is 2.07. The molecule has 0 aromatic heterocycles. The Bertz CT molecular complexity index is 188. The minimum absolute atomic E-state index is 0.102. The normalized spacial score (nSPS) is 16.2. The molecule has 0 bridgehead atoms. The van der Waals surface area contributed by atoms with Crippen LogP contribution in [0.15, 0.2) is 10.3 Å². The van der Waals surface area contributed by atoms with E-state index in [-0.39, 0.29) is 5.91 Å². The molecule has 1 fully saturated rings. The lowest BCUT2D eigenvalue weighted by atomic mass is 10.4. The molecule has 2 nitrogen and oxygen atoms in total. The molecule has 0 aliphatic carbocycles. The van der Waals surface area contributed by atoms with Gasteiger partial charge in [-0.15, -0.1) is 32.8 Å². The van der Waals surface area contributed by atoms with Crippen molar-refractivity contribution in [1.82, 2.24) is 5.32 Å². The molecule has 1 rings (SSSR count). The third-order valence-electron chi connectivity index (χ3n) is 1.33. The van der Waals surface area contributed by atoms with Gasteiger partial charge in [0.25, 0.3) is 0 Å². The summed E-state index contributed by atoms with van der Waals surface area (Å²) in [7, 11) is 2.47. The Kier molecular flexibility index (Phi) is 5.12. The fourth-order valence-corrected chi connectivity index (χ4v) is 3.34. The van der Waals surface area contributed by atoms with Crippen molar-refractivity contribution >= 4 is 38.7 Å². The molecule has 0 aromatic carbocycles. The molecule has 0 radical (unpaired) electrons. The second kappa shape index (κ2) is 5.90. The van der Waals surface area contributed by atoms with E-state index in [0.29, 0.717) is 12.7 Å². The van der Waals surface area contributed by atoms with E-state index in [1.165, 1.54) is 15.7 Å². The molecule has 5 heteroatoms. The molecule has 12 heavy (non-hydrogen) atoms. The van der Waals surface area contributed by atoms with Gasteiger partial charge in [-0.2, -0.15) is 0 Å². The van der Waals surface area contributed by atoms with Crippen LogP contribution in [0.1, 0.15) is 6.42 Å². The smallest absolute Gasteiger partial charge is 0.224 e. The first-order valence-corrected chi connectivity index (χ1v) is 6.54. The molecule has 68 valence electrons. The number of carbonyl (C=O) groups is 1. The van der Waals surface area contributed by atoms with E-state index >= 15 is 0 Å². The molecule has 1 amide bonds. The summed E-state index contributed by atoms with van der Waals surface area (Å²) in [5, 5.41) is 2.73. The summed E-state index contributed by atoms with van der Waals surface area (Å²) in [6.45, 7) is 0. The second-order valence-electron chi connectivity index (χ2n) is 2.23. The number of rotatable bonds is 3. The van der Waals surface area contributed by atoms with E-state index in [1.807, 2.05) is 29.6 Å². The van der Waals surface area contributed by atoms with Crippen molar-refractivity contribution in [2.24, 2.45) is 0 Å².